The monoisotopic (exact) mass is 348 g/mol. The molecule has 2 aromatic rings. The van der Waals surface area contributed by atoms with Crippen molar-refractivity contribution in [3.05, 3.63) is 40.0 Å². The molecule has 0 amide bonds. The van der Waals surface area contributed by atoms with Gasteiger partial charge in [0.1, 0.15) is 5.75 Å². The Morgan fingerprint density at radius 3 is 2.58 bits per heavy atom. The first-order valence-electron chi connectivity index (χ1n) is 8.35. The molecule has 0 spiro atoms. The number of hydrogen-bond acceptors (Lipinski definition) is 6. The van der Waals surface area contributed by atoms with Gasteiger partial charge in [-0.25, -0.2) is 0 Å². The van der Waals surface area contributed by atoms with Gasteiger partial charge in [0.2, 0.25) is 5.89 Å². The van der Waals surface area contributed by atoms with Crippen molar-refractivity contribution in [2.45, 2.75) is 26.4 Å². The average Bonchev–Trinajstić information content (AvgIpc) is 3.18. The normalized spacial score (nSPS) is 18.6. The van der Waals surface area contributed by atoms with Crippen LogP contribution in [-0.2, 0) is 19.5 Å². The summed E-state index contributed by atoms with van der Waals surface area (Å²) in [4.78, 5) is 9.07. The SMILES string of the molecule is Cc1noc(CN2CCN(Cc3cc(Cl)cc4c3OCC4)CC2)n1. The minimum atomic E-state index is 0.693. The summed E-state index contributed by atoms with van der Waals surface area (Å²) in [5.41, 5.74) is 2.44. The Morgan fingerprint density at radius 1 is 1.12 bits per heavy atom. The third-order valence-corrected chi connectivity index (χ3v) is 4.83. The molecule has 6 nitrogen and oxygen atoms in total. The summed E-state index contributed by atoms with van der Waals surface area (Å²) in [6, 6.07) is 4.07. The van der Waals surface area contributed by atoms with E-state index in [0.29, 0.717) is 11.7 Å². The Morgan fingerprint density at radius 2 is 1.88 bits per heavy atom. The molecular weight excluding hydrogens is 328 g/mol. The Balaban J connectivity index is 1.35. The Hall–Kier alpha value is -1.63. The van der Waals surface area contributed by atoms with Crippen LogP contribution in [0, 0.1) is 6.92 Å². The van der Waals surface area contributed by atoms with Gasteiger partial charge in [-0.3, -0.25) is 9.80 Å². The molecule has 0 unspecified atom stereocenters. The summed E-state index contributed by atoms with van der Waals surface area (Å²) in [6.45, 7) is 8.22. The highest BCUT2D eigenvalue weighted by Gasteiger charge is 2.22. The number of rotatable bonds is 4. The quantitative estimate of drug-likeness (QED) is 0.845. The number of hydrogen-bond donors (Lipinski definition) is 0. The van der Waals surface area contributed by atoms with Crippen LogP contribution in [0.5, 0.6) is 5.75 Å². The van der Waals surface area contributed by atoms with Gasteiger partial charge in [0.15, 0.2) is 5.82 Å². The van der Waals surface area contributed by atoms with Crippen molar-refractivity contribution < 1.29 is 9.26 Å². The number of nitrogens with zero attached hydrogens (tertiary/aromatic N) is 4. The molecule has 1 fully saturated rings. The highest BCUT2D eigenvalue weighted by molar-refractivity contribution is 6.30. The van der Waals surface area contributed by atoms with Crippen LogP contribution in [0.2, 0.25) is 5.02 Å². The van der Waals surface area contributed by atoms with E-state index in [2.05, 4.69) is 19.9 Å². The second-order valence-corrected chi connectivity index (χ2v) is 6.88. The van der Waals surface area contributed by atoms with Gasteiger partial charge in [0, 0.05) is 49.7 Å². The van der Waals surface area contributed by atoms with Gasteiger partial charge in [-0.2, -0.15) is 4.98 Å². The van der Waals surface area contributed by atoms with Gasteiger partial charge in [0.05, 0.1) is 13.2 Å². The van der Waals surface area contributed by atoms with E-state index >= 15 is 0 Å². The molecule has 24 heavy (non-hydrogen) atoms. The summed E-state index contributed by atoms with van der Waals surface area (Å²) >= 11 is 6.26. The number of piperazine rings is 1. The van der Waals surface area contributed by atoms with Crippen molar-refractivity contribution in [1.29, 1.82) is 0 Å². The fourth-order valence-corrected chi connectivity index (χ4v) is 3.67. The van der Waals surface area contributed by atoms with Gasteiger partial charge < -0.3 is 9.26 Å². The van der Waals surface area contributed by atoms with Crippen LogP contribution in [0.25, 0.3) is 0 Å². The van der Waals surface area contributed by atoms with Gasteiger partial charge in [-0.05, 0) is 24.6 Å². The number of halogens is 1. The lowest BCUT2D eigenvalue weighted by atomic mass is 10.1. The Kier molecular flexibility index (Phi) is 4.43. The predicted molar refractivity (Wildman–Crippen MR) is 90.2 cm³/mol. The predicted octanol–water partition coefficient (Wildman–Crippen LogP) is 2.28. The van der Waals surface area contributed by atoms with E-state index in [1.165, 1.54) is 11.1 Å². The zero-order chi connectivity index (χ0) is 16.5. The molecule has 2 aliphatic heterocycles. The topological polar surface area (TPSA) is 54.6 Å². The van der Waals surface area contributed by atoms with Crippen molar-refractivity contribution in [3.8, 4) is 5.75 Å². The van der Waals surface area contributed by atoms with Gasteiger partial charge in [0.25, 0.3) is 0 Å². The standard InChI is InChI=1S/C17H21ClN4O2/c1-12-19-16(24-20-12)11-22-5-3-21(4-6-22)10-14-9-15(18)8-13-2-7-23-17(13)14/h8-9H,2-7,10-11H2,1H3. The molecule has 1 aromatic carbocycles. The van der Waals surface area contributed by atoms with Crippen molar-refractivity contribution in [3.63, 3.8) is 0 Å². The maximum atomic E-state index is 6.26. The molecule has 0 atom stereocenters. The number of aryl methyl sites for hydroxylation is 1. The highest BCUT2D eigenvalue weighted by atomic mass is 35.5. The zero-order valence-corrected chi connectivity index (χ0v) is 14.6. The number of aromatic nitrogens is 2. The molecule has 0 radical (unpaired) electrons. The van der Waals surface area contributed by atoms with Gasteiger partial charge in [-0.1, -0.05) is 16.8 Å². The molecule has 1 aromatic heterocycles. The second-order valence-electron chi connectivity index (χ2n) is 6.44. The molecule has 0 aliphatic carbocycles. The van der Waals surface area contributed by atoms with Crippen LogP contribution in [0.4, 0.5) is 0 Å². The molecular formula is C17H21ClN4O2. The molecule has 0 N–H and O–H groups in total. The highest BCUT2D eigenvalue weighted by Crippen LogP contribution is 2.33. The molecule has 128 valence electrons. The number of ether oxygens (including phenoxy) is 1. The first-order chi connectivity index (χ1) is 11.7. The third kappa shape index (κ3) is 3.41. The van der Waals surface area contributed by atoms with Crippen molar-refractivity contribution in [2.24, 2.45) is 0 Å². The van der Waals surface area contributed by atoms with E-state index in [0.717, 1.165) is 63.1 Å². The molecule has 7 heteroatoms. The molecule has 1 saturated heterocycles. The van der Waals surface area contributed by atoms with E-state index in [1.54, 1.807) is 0 Å². The molecule has 3 heterocycles. The summed E-state index contributed by atoms with van der Waals surface area (Å²) in [5.74, 6) is 2.43. The number of fused-ring (bicyclic) bond motifs is 1. The zero-order valence-electron chi connectivity index (χ0n) is 13.8. The van der Waals surface area contributed by atoms with Gasteiger partial charge >= 0.3 is 0 Å². The fraction of sp³-hybridized carbons (Fsp3) is 0.529. The van der Waals surface area contributed by atoms with Crippen molar-refractivity contribution in [1.82, 2.24) is 19.9 Å². The van der Waals surface area contributed by atoms with Crippen LogP contribution in [0.1, 0.15) is 22.8 Å². The van der Waals surface area contributed by atoms with E-state index in [9.17, 15) is 0 Å². The van der Waals surface area contributed by atoms with Crippen LogP contribution >= 0.6 is 11.6 Å². The lowest BCUT2D eigenvalue weighted by Gasteiger charge is -2.34. The summed E-state index contributed by atoms with van der Waals surface area (Å²) in [6.07, 6.45) is 0.959. The maximum Gasteiger partial charge on any atom is 0.240 e. The lowest BCUT2D eigenvalue weighted by Crippen LogP contribution is -2.45. The van der Waals surface area contributed by atoms with Crippen LogP contribution in [-0.4, -0.2) is 52.7 Å². The van der Waals surface area contributed by atoms with E-state index in [-0.39, 0.29) is 0 Å². The van der Waals surface area contributed by atoms with E-state index in [4.69, 9.17) is 20.9 Å². The smallest absolute Gasteiger partial charge is 0.240 e. The van der Waals surface area contributed by atoms with Crippen molar-refractivity contribution >= 4 is 11.6 Å². The van der Waals surface area contributed by atoms with E-state index < -0.39 is 0 Å². The first-order valence-corrected chi connectivity index (χ1v) is 8.73. The second kappa shape index (κ2) is 6.70. The van der Waals surface area contributed by atoms with Crippen LogP contribution < -0.4 is 4.74 Å². The molecule has 4 rings (SSSR count). The van der Waals surface area contributed by atoms with Gasteiger partial charge in [-0.15, -0.1) is 0 Å². The maximum absolute atomic E-state index is 6.26. The average molecular weight is 349 g/mol. The summed E-state index contributed by atoms with van der Waals surface area (Å²) in [7, 11) is 0. The minimum absolute atomic E-state index is 0.693. The summed E-state index contributed by atoms with van der Waals surface area (Å²) < 4.78 is 11.0. The van der Waals surface area contributed by atoms with E-state index in [1.807, 2.05) is 19.1 Å². The van der Waals surface area contributed by atoms with Crippen LogP contribution in [0.15, 0.2) is 16.7 Å². The fourth-order valence-electron chi connectivity index (χ4n) is 3.41. The third-order valence-electron chi connectivity index (χ3n) is 4.61. The van der Waals surface area contributed by atoms with Crippen molar-refractivity contribution in [2.75, 3.05) is 32.8 Å². The minimum Gasteiger partial charge on any atom is -0.493 e. The summed E-state index contributed by atoms with van der Waals surface area (Å²) in [5, 5.41) is 4.65. The lowest BCUT2D eigenvalue weighted by molar-refractivity contribution is 0.111. The molecule has 0 saturated carbocycles. The Bertz CT molecular complexity index is 725. The molecule has 2 aliphatic rings. The largest absolute Gasteiger partial charge is 0.493 e. The first kappa shape index (κ1) is 15.9. The molecule has 0 bridgehead atoms. The number of benzene rings is 1. The Labute approximate surface area is 146 Å². The van der Waals surface area contributed by atoms with Crippen LogP contribution in [0.3, 0.4) is 0 Å².